The van der Waals surface area contributed by atoms with Gasteiger partial charge in [-0.15, -0.1) is 0 Å². The van der Waals surface area contributed by atoms with E-state index in [0.717, 1.165) is 5.56 Å². The van der Waals surface area contributed by atoms with Gasteiger partial charge < -0.3 is 15.8 Å². The predicted octanol–water partition coefficient (Wildman–Crippen LogP) is 4.26. The Kier molecular flexibility index (Phi) is 5.13. The summed E-state index contributed by atoms with van der Waals surface area (Å²) in [5.41, 5.74) is 8.64. The van der Waals surface area contributed by atoms with Gasteiger partial charge >= 0.3 is 0 Å². The third kappa shape index (κ3) is 3.71. The maximum absolute atomic E-state index is 13.2. The number of benzene rings is 3. The van der Waals surface area contributed by atoms with Gasteiger partial charge in [0.1, 0.15) is 5.75 Å². The molecule has 3 aromatic carbocycles. The van der Waals surface area contributed by atoms with Gasteiger partial charge in [0.2, 0.25) is 0 Å². The standard InChI is InChI=1S/C24H19N3O3/c1-30-16-8-6-7-15(13-16)22-14-19(17-9-2-4-11-20(17)26-22)24(29)27-21-12-5-3-10-18(21)23(25)28/h2-14H,1H3,(H2,25,28)(H,27,29). The molecule has 4 aromatic rings. The molecule has 0 bridgehead atoms. The molecule has 0 unspecified atom stereocenters. The van der Waals surface area contributed by atoms with E-state index in [9.17, 15) is 9.59 Å². The molecule has 2 amide bonds. The van der Waals surface area contributed by atoms with Gasteiger partial charge in [-0.1, -0.05) is 42.5 Å². The van der Waals surface area contributed by atoms with E-state index in [2.05, 4.69) is 5.32 Å². The minimum atomic E-state index is -0.609. The smallest absolute Gasteiger partial charge is 0.256 e. The zero-order valence-corrected chi connectivity index (χ0v) is 16.3. The number of rotatable bonds is 5. The Hall–Kier alpha value is -4.19. The minimum absolute atomic E-state index is 0.247. The molecule has 0 aliphatic heterocycles. The molecule has 30 heavy (non-hydrogen) atoms. The van der Waals surface area contributed by atoms with Crippen LogP contribution in [0.15, 0.2) is 78.9 Å². The van der Waals surface area contributed by atoms with Crippen LogP contribution >= 0.6 is 0 Å². The van der Waals surface area contributed by atoms with Gasteiger partial charge in [-0.3, -0.25) is 9.59 Å². The second-order valence-electron chi connectivity index (χ2n) is 6.67. The third-order valence-electron chi connectivity index (χ3n) is 4.77. The Morgan fingerprint density at radius 1 is 0.900 bits per heavy atom. The molecule has 6 heteroatoms. The van der Waals surface area contributed by atoms with Gasteiger partial charge in [0.05, 0.1) is 35.1 Å². The molecule has 4 rings (SSSR count). The van der Waals surface area contributed by atoms with Crippen LogP contribution in [0, 0.1) is 0 Å². The molecule has 0 atom stereocenters. The van der Waals surface area contributed by atoms with E-state index >= 15 is 0 Å². The Bertz CT molecular complexity index is 1270. The van der Waals surface area contributed by atoms with Gasteiger partial charge in [-0.05, 0) is 36.4 Å². The Morgan fingerprint density at radius 3 is 2.47 bits per heavy atom. The molecular formula is C24H19N3O3. The molecule has 0 spiro atoms. The van der Waals surface area contributed by atoms with Gasteiger partial charge in [-0.2, -0.15) is 0 Å². The van der Waals surface area contributed by atoms with Crippen molar-refractivity contribution in [3.8, 4) is 17.0 Å². The zero-order chi connectivity index (χ0) is 21.1. The number of anilines is 1. The van der Waals surface area contributed by atoms with Crippen molar-refractivity contribution in [1.82, 2.24) is 4.98 Å². The largest absolute Gasteiger partial charge is 0.497 e. The van der Waals surface area contributed by atoms with Crippen molar-refractivity contribution in [2.75, 3.05) is 12.4 Å². The van der Waals surface area contributed by atoms with Crippen LogP contribution in [0.1, 0.15) is 20.7 Å². The van der Waals surface area contributed by atoms with Crippen LogP contribution < -0.4 is 15.8 Å². The lowest BCUT2D eigenvalue weighted by Gasteiger charge is -2.12. The molecule has 1 heterocycles. The molecule has 148 valence electrons. The van der Waals surface area contributed by atoms with Gasteiger partial charge in [0, 0.05) is 10.9 Å². The number of nitrogens with one attached hydrogen (secondary N) is 1. The highest BCUT2D eigenvalue weighted by Gasteiger charge is 2.16. The number of hydrogen-bond acceptors (Lipinski definition) is 4. The topological polar surface area (TPSA) is 94.3 Å². The first-order valence-electron chi connectivity index (χ1n) is 9.31. The fraction of sp³-hybridized carbons (Fsp3) is 0.0417. The van der Waals surface area contributed by atoms with E-state index in [1.54, 1.807) is 37.4 Å². The maximum Gasteiger partial charge on any atom is 0.256 e. The highest BCUT2D eigenvalue weighted by Crippen LogP contribution is 2.28. The molecule has 0 radical (unpaired) electrons. The molecule has 0 aliphatic rings. The number of fused-ring (bicyclic) bond motifs is 1. The number of hydrogen-bond donors (Lipinski definition) is 2. The molecule has 6 nitrogen and oxygen atoms in total. The van der Waals surface area contributed by atoms with Crippen molar-refractivity contribution in [1.29, 1.82) is 0 Å². The molecule has 0 saturated heterocycles. The molecule has 0 fully saturated rings. The maximum atomic E-state index is 13.2. The van der Waals surface area contributed by atoms with Crippen LogP contribution in [0.25, 0.3) is 22.2 Å². The lowest BCUT2D eigenvalue weighted by molar-refractivity contribution is 0.100. The van der Waals surface area contributed by atoms with Gasteiger partial charge in [-0.25, -0.2) is 4.98 Å². The Labute approximate surface area is 173 Å². The summed E-state index contributed by atoms with van der Waals surface area (Å²) in [6.45, 7) is 0. The number of pyridine rings is 1. The van der Waals surface area contributed by atoms with Crippen molar-refractivity contribution in [3.63, 3.8) is 0 Å². The zero-order valence-electron chi connectivity index (χ0n) is 16.3. The van der Waals surface area contributed by atoms with Gasteiger partial charge in [0.25, 0.3) is 11.8 Å². The fourth-order valence-corrected chi connectivity index (χ4v) is 3.29. The molecule has 0 aliphatic carbocycles. The number of nitrogens with zero attached hydrogens (tertiary/aromatic N) is 1. The van der Waals surface area contributed by atoms with Crippen molar-refractivity contribution in [2.24, 2.45) is 5.73 Å². The van der Waals surface area contributed by atoms with Crippen LogP contribution in [0.4, 0.5) is 5.69 Å². The molecule has 1 aromatic heterocycles. The predicted molar refractivity (Wildman–Crippen MR) is 117 cm³/mol. The highest BCUT2D eigenvalue weighted by molar-refractivity contribution is 6.14. The van der Waals surface area contributed by atoms with Crippen LogP contribution in [0.2, 0.25) is 0 Å². The number of ether oxygens (including phenoxy) is 1. The summed E-state index contributed by atoms with van der Waals surface area (Å²) in [4.78, 5) is 29.6. The number of primary amides is 1. The van der Waals surface area contributed by atoms with Crippen LogP contribution in [0.3, 0.4) is 0 Å². The lowest BCUT2D eigenvalue weighted by Crippen LogP contribution is -2.18. The van der Waals surface area contributed by atoms with E-state index < -0.39 is 5.91 Å². The lowest BCUT2D eigenvalue weighted by atomic mass is 10.0. The first-order chi connectivity index (χ1) is 14.6. The summed E-state index contributed by atoms with van der Waals surface area (Å²) in [6.07, 6.45) is 0. The van der Waals surface area contributed by atoms with Crippen molar-refractivity contribution < 1.29 is 14.3 Å². The Morgan fingerprint density at radius 2 is 1.67 bits per heavy atom. The van der Waals surface area contributed by atoms with Crippen LogP contribution in [0.5, 0.6) is 5.75 Å². The summed E-state index contributed by atoms with van der Waals surface area (Å²) in [5, 5.41) is 3.52. The summed E-state index contributed by atoms with van der Waals surface area (Å²) < 4.78 is 5.31. The number of nitrogens with two attached hydrogens (primary N) is 1. The average molecular weight is 397 g/mol. The number of methoxy groups -OCH3 is 1. The number of carbonyl (C=O) groups excluding carboxylic acids is 2. The number of carbonyl (C=O) groups is 2. The molecule has 0 saturated carbocycles. The summed E-state index contributed by atoms with van der Waals surface area (Å²) in [6, 6.07) is 23.3. The van der Waals surface area contributed by atoms with E-state index in [0.29, 0.717) is 33.6 Å². The first-order valence-corrected chi connectivity index (χ1v) is 9.31. The molecule has 3 N–H and O–H groups in total. The van der Waals surface area contributed by atoms with Crippen molar-refractivity contribution >= 4 is 28.4 Å². The first kappa shape index (κ1) is 19.1. The van der Waals surface area contributed by atoms with Crippen molar-refractivity contribution in [2.45, 2.75) is 0 Å². The molecular weight excluding hydrogens is 378 g/mol. The average Bonchev–Trinajstić information content (AvgIpc) is 2.78. The normalized spacial score (nSPS) is 10.6. The SMILES string of the molecule is COc1cccc(-c2cc(C(=O)Nc3ccccc3C(N)=O)c3ccccc3n2)c1. The van der Waals surface area contributed by atoms with E-state index in [1.807, 2.05) is 48.5 Å². The summed E-state index contributed by atoms with van der Waals surface area (Å²) >= 11 is 0. The quantitative estimate of drug-likeness (QED) is 0.526. The van der Waals surface area contributed by atoms with E-state index in [4.69, 9.17) is 15.5 Å². The minimum Gasteiger partial charge on any atom is -0.497 e. The fourth-order valence-electron chi connectivity index (χ4n) is 3.29. The highest BCUT2D eigenvalue weighted by atomic mass is 16.5. The number of amides is 2. The van der Waals surface area contributed by atoms with Crippen molar-refractivity contribution in [3.05, 3.63) is 90.0 Å². The Balaban J connectivity index is 1.82. The van der Waals surface area contributed by atoms with E-state index in [-0.39, 0.29) is 11.5 Å². The number of para-hydroxylation sites is 2. The summed E-state index contributed by atoms with van der Waals surface area (Å²) in [7, 11) is 1.60. The second kappa shape index (κ2) is 8.05. The van der Waals surface area contributed by atoms with Gasteiger partial charge in [0.15, 0.2) is 0 Å². The van der Waals surface area contributed by atoms with E-state index in [1.165, 1.54) is 0 Å². The number of aromatic nitrogens is 1. The summed E-state index contributed by atoms with van der Waals surface area (Å²) in [5.74, 6) is -0.266. The third-order valence-corrected chi connectivity index (χ3v) is 4.77. The van der Waals surface area contributed by atoms with Crippen LogP contribution in [-0.2, 0) is 0 Å². The second-order valence-corrected chi connectivity index (χ2v) is 6.67. The monoisotopic (exact) mass is 397 g/mol. The van der Waals surface area contributed by atoms with Crippen LogP contribution in [-0.4, -0.2) is 23.9 Å².